The number of pyridine rings is 1. The normalized spacial score (nSPS) is 16.9. The fourth-order valence-corrected chi connectivity index (χ4v) is 2.71. The van der Waals surface area contributed by atoms with Crippen LogP contribution in [-0.4, -0.2) is 31.2 Å². The molecule has 1 saturated heterocycles. The number of halogens is 2. The molecule has 20 heavy (non-hydrogen) atoms. The standard InChI is InChI=1S/C15H23ClFN3/c1-11(2)8-18-9-12-3-5-20(6-4-12)15-14(17)7-13(16)10-19-15/h7,10-12,18H,3-6,8-9H2,1-2H3. The van der Waals surface area contributed by atoms with E-state index in [9.17, 15) is 4.39 Å². The molecule has 1 aromatic rings. The van der Waals surface area contributed by atoms with E-state index in [0.717, 1.165) is 39.0 Å². The van der Waals surface area contributed by atoms with Gasteiger partial charge in [0.05, 0.1) is 5.02 Å². The van der Waals surface area contributed by atoms with E-state index in [4.69, 9.17) is 11.6 Å². The van der Waals surface area contributed by atoms with Gasteiger partial charge in [0.2, 0.25) is 0 Å². The van der Waals surface area contributed by atoms with Crippen LogP contribution in [0.15, 0.2) is 12.3 Å². The minimum absolute atomic E-state index is 0.325. The molecule has 0 amide bonds. The zero-order valence-electron chi connectivity index (χ0n) is 12.2. The van der Waals surface area contributed by atoms with Gasteiger partial charge in [0, 0.05) is 19.3 Å². The van der Waals surface area contributed by atoms with Crippen LogP contribution in [0.25, 0.3) is 0 Å². The third kappa shape index (κ3) is 4.32. The maximum atomic E-state index is 13.8. The van der Waals surface area contributed by atoms with E-state index in [1.54, 1.807) is 0 Å². The van der Waals surface area contributed by atoms with Gasteiger partial charge in [-0.05, 0) is 43.8 Å². The van der Waals surface area contributed by atoms with Crippen LogP contribution < -0.4 is 10.2 Å². The summed E-state index contributed by atoms with van der Waals surface area (Å²) in [5.41, 5.74) is 0. The van der Waals surface area contributed by atoms with Gasteiger partial charge in [0.1, 0.15) is 0 Å². The molecule has 1 N–H and O–H groups in total. The summed E-state index contributed by atoms with van der Waals surface area (Å²) < 4.78 is 13.8. The van der Waals surface area contributed by atoms with Crippen LogP contribution in [0.4, 0.5) is 10.2 Å². The number of hydrogen-bond acceptors (Lipinski definition) is 3. The molecular formula is C15H23ClFN3. The van der Waals surface area contributed by atoms with Gasteiger partial charge < -0.3 is 10.2 Å². The molecule has 1 aliphatic heterocycles. The third-order valence-corrected chi connectivity index (χ3v) is 3.89. The van der Waals surface area contributed by atoms with Crippen molar-refractivity contribution in [2.24, 2.45) is 11.8 Å². The van der Waals surface area contributed by atoms with Crippen molar-refractivity contribution in [2.45, 2.75) is 26.7 Å². The Balaban J connectivity index is 1.82. The predicted octanol–water partition coefficient (Wildman–Crippen LogP) is 3.34. The van der Waals surface area contributed by atoms with Gasteiger partial charge in [-0.1, -0.05) is 25.4 Å². The van der Waals surface area contributed by atoms with Gasteiger partial charge in [-0.2, -0.15) is 0 Å². The molecule has 1 aliphatic rings. The quantitative estimate of drug-likeness (QED) is 0.904. The van der Waals surface area contributed by atoms with Crippen molar-refractivity contribution in [3.05, 3.63) is 23.1 Å². The monoisotopic (exact) mass is 299 g/mol. The molecule has 5 heteroatoms. The highest BCUT2D eigenvalue weighted by atomic mass is 35.5. The second kappa shape index (κ2) is 7.23. The van der Waals surface area contributed by atoms with Crippen molar-refractivity contribution in [2.75, 3.05) is 31.1 Å². The first-order valence-electron chi connectivity index (χ1n) is 7.33. The second-order valence-corrected chi connectivity index (χ2v) is 6.38. The van der Waals surface area contributed by atoms with Gasteiger partial charge in [0.15, 0.2) is 11.6 Å². The first-order valence-corrected chi connectivity index (χ1v) is 7.70. The minimum Gasteiger partial charge on any atom is -0.354 e. The molecule has 1 fully saturated rings. The lowest BCUT2D eigenvalue weighted by Crippen LogP contribution is -2.38. The zero-order chi connectivity index (χ0) is 14.5. The van der Waals surface area contributed by atoms with E-state index in [2.05, 4.69) is 24.1 Å². The van der Waals surface area contributed by atoms with E-state index in [1.165, 1.54) is 12.3 Å². The average molecular weight is 300 g/mol. The summed E-state index contributed by atoms with van der Waals surface area (Å²) in [6.45, 7) is 8.27. The van der Waals surface area contributed by atoms with Crippen molar-refractivity contribution in [1.82, 2.24) is 10.3 Å². The molecule has 2 heterocycles. The number of nitrogens with zero attached hydrogens (tertiary/aromatic N) is 2. The molecule has 0 unspecified atom stereocenters. The molecule has 2 rings (SSSR count). The van der Waals surface area contributed by atoms with Gasteiger partial charge in [-0.25, -0.2) is 9.37 Å². The van der Waals surface area contributed by atoms with Gasteiger partial charge in [-0.15, -0.1) is 0 Å². The molecule has 0 bridgehead atoms. The molecule has 0 spiro atoms. The first-order chi connectivity index (χ1) is 9.56. The van der Waals surface area contributed by atoms with E-state index in [-0.39, 0.29) is 5.82 Å². The number of piperidine rings is 1. The summed E-state index contributed by atoms with van der Waals surface area (Å²) in [5.74, 6) is 1.47. The lowest BCUT2D eigenvalue weighted by molar-refractivity contribution is 0.371. The highest BCUT2D eigenvalue weighted by Gasteiger charge is 2.22. The summed E-state index contributed by atoms with van der Waals surface area (Å²) >= 11 is 5.73. The summed E-state index contributed by atoms with van der Waals surface area (Å²) in [5, 5.41) is 3.85. The van der Waals surface area contributed by atoms with E-state index in [0.29, 0.717) is 22.7 Å². The van der Waals surface area contributed by atoms with E-state index < -0.39 is 0 Å². The molecule has 0 atom stereocenters. The fourth-order valence-electron chi connectivity index (χ4n) is 2.57. The van der Waals surface area contributed by atoms with Crippen LogP contribution in [0.3, 0.4) is 0 Å². The predicted molar refractivity (Wildman–Crippen MR) is 81.8 cm³/mol. The Hall–Kier alpha value is -0.870. The molecule has 1 aromatic heterocycles. The highest BCUT2D eigenvalue weighted by Crippen LogP contribution is 2.25. The second-order valence-electron chi connectivity index (χ2n) is 5.94. The number of aromatic nitrogens is 1. The highest BCUT2D eigenvalue weighted by molar-refractivity contribution is 6.30. The third-order valence-electron chi connectivity index (χ3n) is 3.69. The lowest BCUT2D eigenvalue weighted by atomic mass is 9.96. The van der Waals surface area contributed by atoms with Crippen molar-refractivity contribution >= 4 is 17.4 Å². The Morgan fingerprint density at radius 2 is 2.15 bits per heavy atom. The number of hydrogen-bond donors (Lipinski definition) is 1. The Labute approximate surface area is 125 Å². The first kappa shape index (κ1) is 15.5. The van der Waals surface area contributed by atoms with Crippen LogP contribution in [0.1, 0.15) is 26.7 Å². The smallest absolute Gasteiger partial charge is 0.167 e. The minimum atomic E-state index is -0.325. The molecule has 0 saturated carbocycles. The van der Waals surface area contributed by atoms with Crippen molar-refractivity contribution in [3.63, 3.8) is 0 Å². The van der Waals surface area contributed by atoms with E-state index >= 15 is 0 Å². The van der Waals surface area contributed by atoms with Crippen molar-refractivity contribution < 1.29 is 4.39 Å². The van der Waals surface area contributed by atoms with Crippen molar-refractivity contribution in [1.29, 1.82) is 0 Å². The number of nitrogens with one attached hydrogen (secondary N) is 1. The Kier molecular flexibility index (Phi) is 5.61. The summed E-state index contributed by atoms with van der Waals surface area (Å²) in [6.07, 6.45) is 3.67. The molecule has 0 aromatic carbocycles. The van der Waals surface area contributed by atoms with Gasteiger partial charge in [0.25, 0.3) is 0 Å². The number of rotatable bonds is 5. The molecule has 3 nitrogen and oxygen atoms in total. The molecule has 112 valence electrons. The molecule has 0 aliphatic carbocycles. The van der Waals surface area contributed by atoms with E-state index in [1.807, 2.05) is 4.90 Å². The van der Waals surface area contributed by atoms with Gasteiger partial charge in [-0.3, -0.25) is 0 Å². The lowest BCUT2D eigenvalue weighted by Gasteiger charge is -2.33. The largest absolute Gasteiger partial charge is 0.354 e. The molecule has 0 radical (unpaired) electrons. The van der Waals surface area contributed by atoms with Crippen LogP contribution in [0.5, 0.6) is 0 Å². The Morgan fingerprint density at radius 3 is 2.75 bits per heavy atom. The SMILES string of the molecule is CC(C)CNCC1CCN(c2ncc(Cl)cc2F)CC1. The van der Waals surface area contributed by atoms with Crippen LogP contribution in [0.2, 0.25) is 5.02 Å². The fraction of sp³-hybridized carbons (Fsp3) is 0.667. The zero-order valence-corrected chi connectivity index (χ0v) is 13.0. The van der Waals surface area contributed by atoms with Crippen LogP contribution in [0, 0.1) is 17.7 Å². The number of anilines is 1. The summed E-state index contributed by atoms with van der Waals surface area (Å²) in [6, 6.07) is 1.33. The van der Waals surface area contributed by atoms with Crippen LogP contribution >= 0.6 is 11.6 Å². The summed E-state index contributed by atoms with van der Waals surface area (Å²) in [7, 11) is 0. The maximum Gasteiger partial charge on any atom is 0.167 e. The summed E-state index contributed by atoms with van der Waals surface area (Å²) in [4.78, 5) is 6.13. The van der Waals surface area contributed by atoms with Crippen LogP contribution in [-0.2, 0) is 0 Å². The molecular weight excluding hydrogens is 277 g/mol. The van der Waals surface area contributed by atoms with Crippen molar-refractivity contribution in [3.8, 4) is 0 Å². The van der Waals surface area contributed by atoms with Gasteiger partial charge >= 0.3 is 0 Å². The Bertz CT molecular complexity index is 431. The average Bonchev–Trinajstić information content (AvgIpc) is 2.39. The maximum absolute atomic E-state index is 13.8. The Morgan fingerprint density at radius 1 is 1.45 bits per heavy atom. The topological polar surface area (TPSA) is 28.2 Å².